The fraction of sp³-hybridized carbons (Fsp3) is 0.231. The first-order chi connectivity index (χ1) is 9.17. The minimum absolute atomic E-state index is 0.0768. The highest BCUT2D eigenvalue weighted by Gasteiger charge is 2.08. The molecule has 0 aromatic carbocycles. The fourth-order valence-electron chi connectivity index (χ4n) is 1.26. The number of pyridine rings is 1. The van der Waals surface area contributed by atoms with Crippen LogP contribution in [-0.2, 0) is 14.4 Å². The highest BCUT2D eigenvalue weighted by atomic mass is 16.2. The molecule has 0 unspecified atom stereocenters. The van der Waals surface area contributed by atoms with Crippen LogP contribution in [0.15, 0.2) is 30.5 Å². The third-order valence-corrected chi connectivity index (χ3v) is 2.17. The van der Waals surface area contributed by atoms with E-state index in [1.165, 1.54) is 6.08 Å². The van der Waals surface area contributed by atoms with E-state index >= 15 is 0 Å². The summed E-state index contributed by atoms with van der Waals surface area (Å²) in [5.41, 5.74) is 0.779. The van der Waals surface area contributed by atoms with E-state index in [4.69, 9.17) is 0 Å². The first-order valence-corrected chi connectivity index (χ1v) is 5.81. The summed E-state index contributed by atoms with van der Waals surface area (Å²) in [7, 11) is 0. The molecule has 100 valence electrons. The Morgan fingerprint density at radius 2 is 2.16 bits per heavy atom. The second kappa shape index (κ2) is 7.75. The van der Waals surface area contributed by atoms with Crippen molar-refractivity contribution in [3.05, 3.63) is 36.2 Å². The van der Waals surface area contributed by atoms with Crippen LogP contribution in [0.4, 0.5) is 0 Å². The molecule has 6 nitrogen and oxygen atoms in total. The molecule has 1 aromatic rings. The van der Waals surface area contributed by atoms with Gasteiger partial charge in [0.15, 0.2) is 0 Å². The number of hydrogen-bond acceptors (Lipinski definition) is 4. The second-order valence-electron chi connectivity index (χ2n) is 3.59. The quantitative estimate of drug-likeness (QED) is 0.568. The molecule has 0 spiro atoms. The van der Waals surface area contributed by atoms with E-state index in [1.54, 1.807) is 31.3 Å². The molecular formula is C13H15N3O3. The molecule has 0 atom stereocenters. The standard InChI is InChI=1S/C13H15N3O3/c1-2-12(18)16-11(9-13(19)15-7-8-17)10-5-3-4-6-14-10/h3-6,8-9H,2,7H2,1H3,(H,15,19)(H,16,18). The van der Waals surface area contributed by atoms with Crippen molar-refractivity contribution in [1.82, 2.24) is 15.6 Å². The van der Waals surface area contributed by atoms with Crippen molar-refractivity contribution in [2.24, 2.45) is 0 Å². The van der Waals surface area contributed by atoms with E-state index in [2.05, 4.69) is 15.6 Å². The smallest absolute Gasteiger partial charge is 0.246 e. The number of carbonyl (C=O) groups is 3. The van der Waals surface area contributed by atoms with Gasteiger partial charge in [-0.3, -0.25) is 14.6 Å². The van der Waals surface area contributed by atoms with Crippen molar-refractivity contribution >= 4 is 23.8 Å². The Morgan fingerprint density at radius 3 is 2.74 bits per heavy atom. The van der Waals surface area contributed by atoms with E-state index in [1.807, 2.05) is 0 Å². The van der Waals surface area contributed by atoms with Crippen LogP contribution in [0.2, 0.25) is 0 Å². The van der Waals surface area contributed by atoms with Gasteiger partial charge >= 0.3 is 0 Å². The molecular weight excluding hydrogens is 246 g/mol. The van der Waals surface area contributed by atoms with Gasteiger partial charge in [-0.15, -0.1) is 0 Å². The summed E-state index contributed by atoms with van der Waals surface area (Å²) >= 11 is 0. The summed E-state index contributed by atoms with van der Waals surface area (Å²) < 4.78 is 0. The van der Waals surface area contributed by atoms with Gasteiger partial charge in [-0.1, -0.05) is 13.0 Å². The lowest BCUT2D eigenvalue weighted by atomic mass is 10.2. The molecule has 0 aliphatic heterocycles. The third kappa shape index (κ3) is 5.12. The lowest BCUT2D eigenvalue weighted by molar-refractivity contribution is -0.119. The number of rotatable bonds is 6. The van der Waals surface area contributed by atoms with Crippen molar-refractivity contribution in [3.8, 4) is 0 Å². The minimum atomic E-state index is -0.468. The van der Waals surface area contributed by atoms with E-state index in [9.17, 15) is 14.4 Å². The van der Waals surface area contributed by atoms with E-state index < -0.39 is 5.91 Å². The van der Waals surface area contributed by atoms with Gasteiger partial charge in [0.05, 0.1) is 17.9 Å². The SMILES string of the molecule is CCC(=O)NC(=CC(=O)NCC=O)c1ccccn1. The van der Waals surface area contributed by atoms with Gasteiger partial charge in [-0.2, -0.15) is 0 Å². The molecule has 0 aliphatic carbocycles. The summed E-state index contributed by atoms with van der Waals surface area (Å²) in [5, 5.41) is 4.96. The van der Waals surface area contributed by atoms with Crippen LogP contribution in [-0.4, -0.2) is 29.6 Å². The van der Waals surface area contributed by atoms with Crippen molar-refractivity contribution < 1.29 is 14.4 Å². The van der Waals surface area contributed by atoms with Crippen LogP contribution >= 0.6 is 0 Å². The number of nitrogens with one attached hydrogen (secondary N) is 2. The van der Waals surface area contributed by atoms with Crippen molar-refractivity contribution in [2.75, 3.05) is 6.54 Å². The van der Waals surface area contributed by atoms with Crippen molar-refractivity contribution in [1.29, 1.82) is 0 Å². The average molecular weight is 261 g/mol. The molecule has 0 saturated heterocycles. The topological polar surface area (TPSA) is 88.2 Å². The maximum absolute atomic E-state index is 11.5. The number of aldehydes is 1. The zero-order valence-corrected chi connectivity index (χ0v) is 10.6. The monoisotopic (exact) mass is 261 g/mol. The maximum atomic E-state index is 11.5. The Morgan fingerprint density at radius 1 is 1.37 bits per heavy atom. The molecule has 0 aliphatic rings. The molecule has 0 fully saturated rings. The summed E-state index contributed by atoms with van der Waals surface area (Å²) in [6.45, 7) is 1.63. The normalized spacial score (nSPS) is 10.7. The highest BCUT2D eigenvalue weighted by molar-refractivity contribution is 5.98. The zero-order chi connectivity index (χ0) is 14.1. The molecule has 2 amide bonds. The lowest BCUT2D eigenvalue weighted by Crippen LogP contribution is -2.27. The van der Waals surface area contributed by atoms with E-state index in [0.717, 1.165) is 0 Å². The molecule has 1 rings (SSSR count). The lowest BCUT2D eigenvalue weighted by Gasteiger charge is -2.08. The predicted molar refractivity (Wildman–Crippen MR) is 69.7 cm³/mol. The fourth-order valence-corrected chi connectivity index (χ4v) is 1.26. The Bertz CT molecular complexity index is 483. The largest absolute Gasteiger partial charge is 0.346 e. The van der Waals surface area contributed by atoms with Crippen LogP contribution in [0.3, 0.4) is 0 Å². The van der Waals surface area contributed by atoms with Crippen molar-refractivity contribution in [3.63, 3.8) is 0 Å². The Balaban J connectivity index is 2.92. The number of aromatic nitrogens is 1. The average Bonchev–Trinajstić information content (AvgIpc) is 2.45. The van der Waals surface area contributed by atoms with Crippen molar-refractivity contribution in [2.45, 2.75) is 13.3 Å². The maximum Gasteiger partial charge on any atom is 0.246 e. The van der Waals surface area contributed by atoms with Gasteiger partial charge in [0.1, 0.15) is 6.29 Å². The molecule has 6 heteroatoms. The van der Waals surface area contributed by atoms with Crippen LogP contribution in [0.1, 0.15) is 19.0 Å². The van der Waals surface area contributed by atoms with E-state index in [0.29, 0.717) is 24.1 Å². The molecule has 2 N–H and O–H groups in total. The zero-order valence-electron chi connectivity index (χ0n) is 10.6. The van der Waals surface area contributed by atoms with Crippen LogP contribution in [0.25, 0.3) is 5.70 Å². The van der Waals surface area contributed by atoms with Gasteiger partial charge in [0, 0.05) is 18.7 Å². The summed E-state index contributed by atoms with van der Waals surface area (Å²) in [4.78, 5) is 37.2. The van der Waals surface area contributed by atoms with Crippen LogP contribution in [0, 0.1) is 0 Å². The number of nitrogens with zero attached hydrogens (tertiary/aromatic N) is 1. The Hall–Kier alpha value is -2.50. The third-order valence-electron chi connectivity index (χ3n) is 2.17. The molecule has 0 radical (unpaired) electrons. The van der Waals surface area contributed by atoms with Gasteiger partial charge in [0.2, 0.25) is 11.8 Å². The van der Waals surface area contributed by atoms with E-state index in [-0.39, 0.29) is 12.5 Å². The number of amides is 2. The number of carbonyl (C=O) groups excluding carboxylic acids is 3. The van der Waals surface area contributed by atoms with Gasteiger partial charge < -0.3 is 15.4 Å². The van der Waals surface area contributed by atoms with Gasteiger partial charge in [0.25, 0.3) is 0 Å². The Kier molecular flexibility index (Phi) is 5.94. The number of hydrogen-bond donors (Lipinski definition) is 2. The second-order valence-corrected chi connectivity index (χ2v) is 3.59. The summed E-state index contributed by atoms with van der Waals surface area (Å²) in [5.74, 6) is -0.691. The molecule has 1 heterocycles. The summed E-state index contributed by atoms with van der Waals surface area (Å²) in [6, 6.07) is 5.15. The molecule has 1 aromatic heterocycles. The Labute approximate surface area is 110 Å². The van der Waals surface area contributed by atoms with Crippen LogP contribution < -0.4 is 10.6 Å². The first kappa shape index (κ1) is 14.6. The van der Waals surface area contributed by atoms with Gasteiger partial charge in [-0.05, 0) is 12.1 Å². The molecule has 0 saturated carbocycles. The highest BCUT2D eigenvalue weighted by Crippen LogP contribution is 2.07. The van der Waals surface area contributed by atoms with Gasteiger partial charge in [-0.25, -0.2) is 0 Å². The molecule has 0 bridgehead atoms. The predicted octanol–water partition coefficient (Wildman–Crippen LogP) is 0.264. The summed E-state index contributed by atoms with van der Waals surface area (Å²) in [6.07, 6.45) is 3.64. The van der Waals surface area contributed by atoms with Crippen LogP contribution in [0.5, 0.6) is 0 Å². The minimum Gasteiger partial charge on any atom is -0.346 e. The molecule has 19 heavy (non-hydrogen) atoms. The first-order valence-electron chi connectivity index (χ1n) is 5.81.